The van der Waals surface area contributed by atoms with Crippen LogP contribution < -0.4 is 0 Å². The first-order valence-electron chi connectivity index (χ1n) is 9.40. The lowest BCUT2D eigenvalue weighted by molar-refractivity contribution is -0.143. The van der Waals surface area contributed by atoms with E-state index >= 15 is 0 Å². The average molecular weight is 335 g/mol. The van der Waals surface area contributed by atoms with Gasteiger partial charge in [-0.15, -0.1) is 0 Å². The third-order valence-electron chi connectivity index (χ3n) is 6.27. The highest BCUT2D eigenvalue weighted by Gasteiger charge is 2.51. The van der Waals surface area contributed by atoms with Crippen molar-refractivity contribution in [3.05, 3.63) is 59.2 Å². The van der Waals surface area contributed by atoms with Crippen molar-refractivity contribution in [2.24, 2.45) is 23.7 Å². The molecule has 1 aromatic carbocycles. The molecule has 0 spiro atoms. The highest BCUT2D eigenvalue weighted by atomic mass is 16.2. The minimum atomic E-state index is -0.0907. The van der Waals surface area contributed by atoms with Gasteiger partial charge in [-0.1, -0.05) is 60.6 Å². The van der Waals surface area contributed by atoms with Crippen molar-refractivity contribution in [1.82, 2.24) is 4.90 Å². The van der Waals surface area contributed by atoms with Gasteiger partial charge in [0.05, 0.1) is 12.5 Å². The molecule has 130 valence electrons. The van der Waals surface area contributed by atoms with E-state index in [0.717, 1.165) is 5.56 Å². The van der Waals surface area contributed by atoms with Crippen LogP contribution in [0, 0.1) is 23.7 Å². The van der Waals surface area contributed by atoms with E-state index in [1.165, 1.54) is 36.2 Å². The van der Waals surface area contributed by atoms with E-state index in [1.54, 1.807) is 5.57 Å². The Morgan fingerprint density at radius 2 is 1.80 bits per heavy atom. The third kappa shape index (κ3) is 2.76. The average Bonchev–Trinajstić information content (AvgIpc) is 3.34. The number of hydrogen-bond acceptors (Lipinski definition) is 2. The van der Waals surface area contributed by atoms with Gasteiger partial charge < -0.3 is 0 Å². The smallest absolute Gasteiger partial charge is 0.233 e. The van der Waals surface area contributed by atoms with Crippen molar-refractivity contribution in [3.8, 4) is 0 Å². The van der Waals surface area contributed by atoms with E-state index in [2.05, 4.69) is 19.1 Å². The van der Waals surface area contributed by atoms with Crippen LogP contribution in [-0.2, 0) is 16.1 Å². The number of hydrogen-bond donors (Lipinski definition) is 0. The van der Waals surface area contributed by atoms with E-state index in [1.807, 2.05) is 30.3 Å². The van der Waals surface area contributed by atoms with E-state index in [-0.39, 0.29) is 23.7 Å². The van der Waals surface area contributed by atoms with Crippen molar-refractivity contribution < 1.29 is 9.59 Å². The Morgan fingerprint density at radius 1 is 1.12 bits per heavy atom. The maximum atomic E-state index is 13.2. The van der Waals surface area contributed by atoms with Crippen LogP contribution in [0.3, 0.4) is 0 Å². The number of carbonyl (C=O) groups excluding carboxylic acids is 2. The van der Waals surface area contributed by atoms with Gasteiger partial charge in [-0.05, 0) is 37.2 Å². The molecule has 3 nitrogen and oxygen atoms in total. The SMILES string of the molecule is C[C@H]1[C@@H](C(=O)N(C=O)Cc2ccccc2)[C@@H]2C=C[C@H]1C2=C1CCCC1. The summed E-state index contributed by atoms with van der Waals surface area (Å²) in [6.07, 6.45) is 10.2. The second-order valence-corrected chi connectivity index (χ2v) is 7.64. The summed E-state index contributed by atoms with van der Waals surface area (Å²) in [6, 6.07) is 9.74. The number of carbonyl (C=O) groups is 2. The number of rotatable bonds is 4. The largest absolute Gasteiger partial charge is 0.280 e. The summed E-state index contributed by atoms with van der Waals surface area (Å²) in [7, 11) is 0. The molecule has 2 saturated carbocycles. The number of benzene rings is 1. The van der Waals surface area contributed by atoms with Gasteiger partial charge in [0.15, 0.2) is 0 Å². The van der Waals surface area contributed by atoms with E-state index < -0.39 is 0 Å². The summed E-state index contributed by atoms with van der Waals surface area (Å²) < 4.78 is 0. The number of nitrogens with zero attached hydrogens (tertiary/aromatic N) is 1. The molecule has 0 aliphatic heterocycles. The molecule has 0 unspecified atom stereocenters. The van der Waals surface area contributed by atoms with Crippen LogP contribution in [0.15, 0.2) is 53.6 Å². The maximum absolute atomic E-state index is 13.2. The zero-order valence-electron chi connectivity index (χ0n) is 14.7. The normalized spacial score (nSPS) is 30.1. The Labute approximate surface area is 149 Å². The third-order valence-corrected chi connectivity index (χ3v) is 6.27. The van der Waals surface area contributed by atoms with Gasteiger partial charge in [-0.25, -0.2) is 0 Å². The molecule has 2 fully saturated rings. The summed E-state index contributed by atoms with van der Waals surface area (Å²) in [5.74, 6) is 0.784. The molecule has 3 aliphatic carbocycles. The number of allylic oxidation sites excluding steroid dienone is 4. The van der Waals surface area contributed by atoms with Gasteiger partial charge in [0.25, 0.3) is 0 Å². The van der Waals surface area contributed by atoms with Crippen LogP contribution >= 0.6 is 0 Å². The van der Waals surface area contributed by atoms with Crippen LogP contribution in [0.2, 0.25) is 0 Å². The molecule has 0 N–H and O–H groups in total. The molecule has 2 bridgehead atoms. The molecule has 25 heavy (non-hydrogen) atoms. The zero-order valence-corrected chi connectivity index (χ0v) is 14.7. The summed E-state index contributed by atoms with van der Waals surface area (Å²) in [6.45, 7) is 2.54. The molecular weight excluding hydrogens is 310 g/mol. The lowest BCUT2D eigenvalue weighted by Gasteiger charge is -2.27. The van der Waals surface area contributed by atoms with Crippen LogP contribution in [0.4, 0.5) is 0 Å². The van der Waals surface area contributed by atoms with Gasteiger partial charge >= 0.3 is 0 Å². The Kier molecular flexibility index (Phi) is 4.32. The Balaban J connectivity index is 1.58. The minimum absolute atomic E-state index is 0.0145. The van der Waals surface area contributed by atoms with Crippen molar-refractivity contribution in [2.75, 3.05) is 0 Å². The highest BCUT2D eigenvalue weighted by Crippen LogP contribution is 2.55. The van der Waals surface area contributed by atoms with Crippen molar-refractivity contribution in [1.29, 1.82) is 0 Å². The van der Waals surface area contributed by atoms with Gasteiger partial charge in [-0.2, -0.15) is 0 Å². The number of amides is 2. The molecule has 3 heteroatoms. The van der Waals surface area contributed by atoms with Crippen molar-refractivity contribution in [2.45, 2.75) is 39.2 Å². The molecule has 4 rings (SSSR count). The topological polar surface area (TPSA) is 37.4 Å². The van der Waals surface area contributed by atoms with E-state index in [0.29, 0.717) is 18.9 Å². The first-order chi connectivity index (χ1) is 12.2. The fourth-order valence-electron chi connectivity index (χ4n) is 5.07. The molecule has 0 aromatic heterocycles. The standard InChI is InChI=1S/C22H25NO2/c1-15-18-11-12-19(21(18)17-9-5-6-10-17)20(15)22(25)23(14-24)13-16-7-3-2-4-8-16/h2-4,7-8,11-12,14-15,18-20H,5-6,9-10,13H2,1H3/t15-,18-,19+,20-/m1/s1. The second-order valence-electron chi connectivity index (χ2n) is 7.64. The molecule has 0 radical (unpaired) electrons. The molecule has 2 amide bonds. The molecule has 0 saturated heterocycles. The predicted octanol–water partition coefficient (Wildman–Crippen LogP) is 4.11. The van der Waals surface area contributed by atoms with Crippen molar-refractivity contribution >= 4 is 12.3 Å². The van der Waals surface area contributed by atoms with Crippen LogP contribution in [-0.4, -0.2) is 17.2 Å². The van der Waals surface area contributed by atoms with Gasteiger partial charge in [-0.3, -0.25) is 14.5 Å². The van der Waals surface area contributed by atoms with E-state index in [4.69, 9.17) is 0 Å². The van der Waals surface area contributed by atoms with Crippen LogP contribution in [0.25, 0.3) is 0 Å². The van der Waals surface area contributed by atoms with Crippen molar-refractivity contribution in [3.63, 3.8) is 0 Å². The number of fused-ring (bicyclic) bond motifs is 2. The van der Waals surface area contributed by atoms with Gasteiger partial charge in [0.1, 0.15) is 0 Å². The predicted molar refractivity (Wildman–Crippen MR) is 97.3 cm³/mol. The quantitative estimate of drug-likeness (QED) is 0.613. The fraction of sp³-hybridized carbons (Fsp3) is 0.455. The van der Waals surface area contributed by atoms with Gasteiger partial charge in [0.2, 0.25) is 12.3 Å². The molecule has 4 atom stereocenters. The fourth-order valence-corrected chi connectivity index (χ4v) is 5.07. The summed E-state index contributed by atoms with van der Waals surface area (Å²) in [5.41, 5.74) is 4.08. The monoisotopic (exact) mass is 335 g/mol. The molecule has 3 aliphatic rings. The Hall–Kier alpha value is -2.16. The Morgan fingerprint density at radius 3 is 2.48 bits per heavy atom. The lowest BCUT2D eigenvalue weighted by atomic mass is 9.83. The maximum Gasteiger partial charge on any atom is 0.233 e. The summed E-state index contributed by atoms with van der Waals surface area (Å²) >= 11 is 0. The summed E-state index contributed by atoms with van der Waals surface area (Å²) in [4.78, 5) is 26.2. The highest BCUT2D eigenvalue weighted by molar-refractivity contribution is 5.89. The van der Waals surface area contributed by atoms with E-state index in [9.17, 15) is 9.59 Å². The lowest BCUT2D eigenvalue weighted by Crippen LogP contribution is -2.39. The zero-order chi connectivity index (χ0) is 17.4. The summed E-state index contributed by atoms with van der Waals surface area (Å²) in [5, 5.41) is 0. The second kappa shape index (κ2) is 6.62. The number of imide groups is 1. The Bertz CT molecular complexity index is 726. The molecular formula is C22H25NO2. The van der Waals surface area contributed by atoms with Gasteiger partial charge in [0, 0.05) is 11.8 Å². The molecule has 1 aromatic rings. The molecule has 0 heterocycles. The van der Waals surface area contributed by atoms with Crippen LogP contribution in [0.1, 0.15) is 38.2 Å². The first-order valence-corrected chi connectivity index (χ1v) is 9.40. The minimum Gasteiger partial charge on any atom is -0.280 e. The first kappa shape index (κ1) is 16.3. The van der Waals surface area contributed by atoms with Crippen LogP contribution in [0.5, 0.6) is 0 Å².